The molecule has 17 heavy (non-hydrogen) atoms. The number of aromatic nitrogens is 2. The maximum absolute atomic E-state index is 11.2. The van der Waals surface area contributed by atoms with E-state index in [4.69, 9.17) is 0 Å². The predicted octanol–water partition coefficient (Wildman–Crippen LogP) is 2.50. The van der Waals surface area contributed by atoms with Gasteiger partial charge in [0.1, 0.15) is 11.2 Å². The van der Waals surface area contributed by atoms with Crippen LogP contribution in [0.15, 0.2) is 12.3 Å². The Bertz CT molecular complexity index is 423. The van der Waals surface area contributed by atoms with Gasteiger partial charge in [0, 0.05) is 17.8 Å². The quantitative estimate of drug-likeness (QED) is 0.872. The Balaban J connectivity index is 2.31. The monoisotopic (exact) mass is 234 g/mol. The van der Waals surface area contributed by atoms with Gasteiger partial charge >= 0.3 is 5.97 Å². The zero-order valence-electron chi connectivity index (χ0n) is 10.3. The lowest BCUT2D eigenvalue weighted by molar-refractivity contribution is -0.142. The van der Waals surface area contributed by atoms with Crippen molar-refractivity contribution in [3.63, 3.8) is 0 Å². The molecule has 4 heteroatoms. The number of hydrogen-bond donors (Lipinski definition) is 1. The fraction of sp³-hybridized carbons (Fsp3) is 0.615. The van der Waals surface area contributed by atoms with E-state index >= 15 is 0 Å². The summed E-state index contributed by atoms with van der Waals surface area (Å²) in [4.78, 5) is 19.7. The van der Waals surface area contributed by atoms with Gasteiger partial charge in [0.25, 0.3) is 0 Å². The average molecular weight is 234 g/mol. The summed E-state index contributed by atoms with van der Waals surface area (Å²) in [6.07, 6.45) is 6.48. The van der Waals surface area contributed by atoms with Gasteiger partial charge in [0.05, 0.1) is 0 Å². The van der Waals surface area contributed by atoms with Gasteiger partial charge < -0.3 is 5.11 Å². The molecule has 0 spiro atoms. The Morgan fingerprint density at radius 2 is 2.06 bits per heavy atom. The van der Waals surface area contributed by atoms with Gasteiger partial charge in [-0.15, -0.1) is 0 Å². The van der Waals surface area contributed by atoms with Crippen LogP contribution in [0.25, 0.3) is 0 Å². The van der Waals surface area contributed by atoms with E-state index in [0.717, 1.165) is 18.5 Å². The maximum atomic E-state index is 11.2. The van der Waals surface area contributed by atoms with Crippen LogP contribution in [0, 0.1) is 0 Å². The summed E-state index contributed by atoms with van der Waals surface area (Å²) < 4.78 is 0. The first-order valence-electron chi connectivity index (χ1n) is 6.08. The highest BCUT2D eigenvalue weighted by Gasteiger charge is 2.33. The molecule has 0 radical (unpaired) electrons. The molecule has 1 aliphatic rings. The summed E-state index contributed by atoms with van der Waals surface area (Å²) in [7, 11) is 0. The van der Waals surface area contributed by atoms with Crippen molar-refractivity contribution in [2.75, 3.05) is 0 Å². The number of carbonyl (C=O) groups is 1. The summed E-state index contributed by atoms with van der Waals surface area (Å²) in [5, 5.41) is 9.17. The minimum atomic E-state index is -1.02. The number of aliphatic carboxylic acids is 1. The summed E-state index contributed by atoms with van der Waals surface area (Å²) in [6.45, 7) is 3.28. The van der Waals surface area contributed by atoms with Gasteiger partial charge in [-0.25, -0.2) is 9.97 Å². The topological polar surface area (TPSA) is 63.1 Å². The van der Waals surface area contributed by atoms with E-state index in [1.54, 1.807) is 20.0 Å². The Hall–Kier alpha value is -1.45. The van der Waals surface area contributed by atoms with Crippen LogP contribution in [0.3, 0.4) is 0 Å². The number of hydrogen-bond acceptors (Lipinski definition) is 3. The molecule has 0 aromatic carbocycles. The lowest BCUT2D eigenvalue weighted by Gasteiger charge is -2.18. The lowest BCUT2D eigenvalue weighted by Crippen LogP contribution is -2.31. The zero-order chi connectivity index (χ0) is 12.5. The number of carboxylic acid groups (broad SMARTS) is 1. The minimum absolute atomic E-state index is 0.411. The summed E-state index contributed by atoms with van der Waals surface area (Å²) in [5.74, 6) is 0.0109. The molecule has 0 amide bonds. The number of rotatable bonds is 3. The maximum Gasteiger partial charge on any atom is 0.316 e. The van der Waals surface area contributed by atoms with Crippen molar-refractivity contribution >= 4 is 5.97 Å². The van der Waals surface area contributed by atoms with Crippen LogP contribution < -0.4 is 0 Å². The third-order valence-corrected chi connectivity index (χ3v) is 3.54. The Kier molecular flexibility index (Phi) is 3.13. The van der Waals surface area contributed by atoms with Crippen molar-refractivity contribution in [3.05, 3.63) is 23.8 Å². The van der Waals surface area contributed by atoms with E-state index in [9.17, 15) is 9.90 Å². The third kappa shape index (κ3) is 2.30. The van der Waals surface area contributed by atoms with Gasteiger partial charge in [-0.3, -0.25) is 4.79 Å². The fourth-order valence-electron chi connectivity index (χ4n) is 2.22. The van der Waals surface area contributed by atoms with E-state index in [-0.39, 0.29) is 0 Å². The van der Waals surface area contributed by atoms with Crippen molar-refractivity contribution in [3.8, 4) is 0 Å². The smallest absolute Gasteiger partial charge is 0.316 e. The molecule has 1 fully saturated rings. The van der Waals surface area contributed by atoms with Gasteiger partial charge in [-0.05, 0) is 32.8 Å². The fourth-order valence-corrected chi connectivity index (χ4v) is 2.22. The van der Waals surface area contributed by atoms with E-state index in [1.165, 1.54) is 12.8 Å². The van der Waals surface area contributed by atoms with Gasteiger partial charge in [-0.1, -0.05) is 12.8 Å². The second-order valence-electron chi connectivity index (χ2n) is 5.22. The van der Waals surface area contributed by atoms with Gasteiger partial charge in [0.15, 0.2) is 0 Å². The van der Waals surface area contributed by atoms with Crippen molar-refractivity contribution in [1.82, 2.24) is 9.97 Å². The van der Waals surface area contributed by atoms with E-state index < -0.39 is 11.4 Å². The molecular formula is C13H18N2O2. The average Bonchev–Trinajstić information content (AvgIpc) is 2.82. The van der Waals surface area contributed by atoms with Crippen LogP contribution in [0.1, 0.15) is 57.0 Å². The molecule has 0 aliphatic heterocycles. The first-order chi connectivity index (χ1) is 8.01. The molecule has 2 rings (SSSR count). The Labute approximate surface area is 101 Å². The summed E-state index contributed by atoms with van der Waals surface area (Å²) >= 11 is 0. The highest BCUT2D eigenvalue weighted by molar-refractivity contribution is 5.78. The number of nitrogens with zero attached hydrogens (tertiary/aromatic N) is 2. The second-order valence-corrected chi connectivity index (χ2v) is 5.22. The molecule has 1 aromatic heterocycles. The molecule has 92 valence electrons. The van der Waals surface area contributed by atoms with Crippen molar-refractivity contribution in [2.24, 2.45) is 0 Å². The lowest BCUT2D eigenvalue weighted by atomic mass is 9.92. The molecule has 0 unspecified atom stereocenters. The Morgan fingerprint density at radius 1 is 1.41 bits per heavy atom. The van der Waals surface area contributed by atoms with E-state index in [0.29, 0.717) is 11.7 Å². The molecule has 1 aliphatic carbocycles. The van der Waals surface area contributed by atoms with Crippen LogP contribution in [0.4, 0.5) is 0 Å². The normalized spacial score (nSPS) is 17.3. The molecule has 1 heterocycles. The Morgan fingerprint density at radius 3 is 2.65 bits per heavy atom. The SMILES string of the molecule is CC(C)(C(=O)O)c1nccc(C2CCCC2)n1. The van der Waals surface area contributed by atoms with Gasteiger partial charge in [-0.2, -0.15) is 0 Å². The second kappa shape index (κ2) is 4.43. The first-order valence-corrected chi connectivity index (χ1v) is 6.08. The molecule has 4 nitrogen and oxygen atoms in total. The van der Waals surface area contributed by atoms with Crippen molar-refractivity contribution < 1.29 is 9.90 Å². The van der Waals surface area contributed by atoms with Crippen LogP contribution >= 0.6 is 0 Å². The van der Waals surface area contributed by atoms with E-state index in [1.807, 2.05) is 6.07 Å². The molecule has 1 saturated carbocycles. The first kappa shape index (κ1) is 12.0. The third-order valence-electron chi connectivity index (χ3n) is 3.54. The van der Waals surface area contributed by atoms with Crippen LogP contribution in [0.5, 0.6) is 0 Å². The van der Waals surface area contributed by atoms with Gasteiger partial charge in [0.2, 0.25) is 0 Å². The summed E-state index contributed by atoms with van der Waals surface area (Å²) in [5.41, 5.74) is -0.0175. The molecule has 0 bridgehead atoms. The number of carboxylic acids is 1. The summed E-state index contributed by atoms with van der Waals surface area (Å²) in [6, 6.07) is 1.91. The molecule has 0 atom stereocenters. The van der Waals surface area contributed by atoms with Crippen molar-refractivity contribution in [1.29, 1.82) is 0 Å². The largest absolute Gasteiger partial charge is 0.481 e. The van der Waals surface area contributed by atoms with Crippen LogP contribution in [0.2, 0.25) is 0 Å². The molecule has 1 N–H and O–H groups in total. The van der Waals surface area contributed by atoms with Crippen LogP contribution in [-0.2, 0) is 10.2 Å². The molecule has 0 saturated heterocycles. The van der Waals surface area contributed by atoms with Crippen LogP contribution in [-0.4, -0.2) is 21.0 Å². The predicted molar refractivity (Wildman–Crippen MR) is 63.9 cm³/mol. The van der Waals surface area contributed by atoms with E-state index in [2.05, 4.69) is 9.97 Å². The highest BCUT2D eigenvalue weighted by atomic mass is 16.4. The molecule has 1 aromatic rings. The molecular weight excluding hydrogens is 216 g/mol. The standard InChI is InChI=1S/C13H18N2O2/c1-13(2,12(16)17)11-14-8-7-10(15-11)9-5-3-4-6-9/h7-9H,3-6H2,1-2H3,(H,16,17). The zero-order valence-corrected chi connectivity index (χ0v) is 10.3. The minimum Gasteiger partial charge on any atom is -0.481 e. The highest BCUT2D eigenvalue weighted by Crippen LogP contribution is 2.33. The van der Waals surface area contributed by atoms with Crippen molar-refractivity contribution in [2.45, 2.75) is 50.9 Å².